The van der Waals surface area contributed by atoms with Crippen molar-refractivity contribution in [3.8, 4) is 0 Å². The van der Waals surface area contributed by atoms with Crippen LogP contribution < -0.4 is 5.73 Å². The number of hydrogen-bond acceptors (Lipinski definition) is 5. The normalized spacial score (nSPS) is 15.3. The molecule has 0 spiro atoms. The maximum absolute atomic E-state index is 12.1. The van der Waals surface area contributed by atoms with Gasteiger partial charge in [0.05, 0.1) is 5.56 Å². The van der Waals surface area contributed by atoms with Crippen LogP contribution in [0.4, 0.5) is 0 Å². The molecule has 0 aromatic heterocycles. The zero-order valence-electron chi connectivity index (χ0n) is 13.0. The highest BCUT2D eigenvalue weighted by Gasteiger charge is 2.26. The Kier molecular flexibility index (Phi) is 6.04. The quantitative estimate of drug-likeness (QED) is 0.646. The Morgan fingerprint density at radius 3 is 2.52 bits per heavy atom. The summed E-state index contributed by atoms with van der Waals surface area (Å²) in [5, 5.41) is 0. The molecule has 0 aliphatic carbocycles. The van der Waals surface area contributed by atoms with Crippen LogP contribution in [0.15, 0.2) is 29.2 Å². The lowest BCUT2D eigenvalue weighted by Crippen LogP contribution is -2.43. The number of amides is 2. The molecule has 0 atom stereocenters. The standard InChI is InChI=1S/C16H20N2O4S/c1-23-13-5-3-2-4-12(13)16(21)22-10-14(19)18-8-6-11(7-9-18)15(17)20/h2-5,11H,6-10H2,1H3,(H2,17,20). The van der Waals surface area contributed by atoms with Crippen LogP contribution in [0.5, 0.6) is 0 Å². The van der Waals surface area contributed by atoms with E-state index in [0.717, 1.165) is 4.90 Å². The lowest BCUT2D eigenvalue weighted by atomic mass is 9.96. The number of esters is 1. The molecule has 0 radical (unpaired) electrons. The fourth-order valence-corrected chi connectivity index (χ4v) is 3.11. The molecule has 2 amide bonds. The van der Waals surface area contributed by atoms with Gasteiger partial charge in [0.25, 0.3) is 5.91 Å². The third kappa shape index (κ3) is 4.48. The molecule has 1 saturated heterocycles. The number of benzene rings is 1. The van der Waals surface area contributed by atoms with Gasteiger partial charge in [0, 0.05) is 23.9 Å². The van der Waals surface area contributed by atoms with Gasteiger partial charge in [-0.3, -0.25) is 9.59 Å². The van der Waals surface area contributed by atoms with Gasteiger partial charge in [-0.2, -0.15) is 0 Å². The molecule has 1 aromatic rings. The van der Waals surface area contributed by atoms with Crippen LogP contribution in [0, 0.1) is 5.92 Å². The van der Waals surface area contributed by atoms with Crippen LogP contribution in [0.25, 0.3) is 0 Å². The van der Waals surface area contributed by atoms with Crippen molar-refractivity contribution in [3.05, 3.63) is 29.8 Å². The Hall–Kier alpha value is -2.02. The fraction of sp³-hybridized carbons (Fsp3) is 0.438. The van der Waals surface area contributed by atoms with Gasteiger partial charge in [0.2, 0.25) is 5.91 Å². The first-order valence-corrected chi connectivity index (χ1v) is 8.62. The van der Waals surface area contributed by atoms with E-state index in [1.807, 2.05) is 18.4 Å². The van der Waals surface area contributed by atoms with Gasteiger partial charge in [-0.1, -0.05) is 12.1 Å². The van der Waals surface area contributed by atoms with Crippen molar-refractivity contribution < 1.29 is 19.1 Å². The maximum atomic E-state index is 12.1. The lowest BCUT2D eigenvalue weighted by Gasteiger charge is -2.30. The van der Waals surface area contributed by atoms with Gasteiger partial charge in [0.1, 0.15) is 0 Å². The number of ether oxygens (including phenoxy) is 1. The predicted molar refractivity (Wildman–Crippen MR) is 87.0 cm³/mol. The first kappa shape index (κ1) is 17.3. The van der Waals surface area contributed by atoms with E-state index < -0.39 is 5.97 Å². The van der Waals surface area contributed by atoms with Crippen LogP contribution in [-0.4, -0.2) is 48.6 Å². The Labute approximate surface area is 139 Å². The number of rotatable bonds is 5. The molecule has 1 aliphatic rings. The lowest BCUT2D eigenvalue weighted by molar-refractivity contribution is -0.137. The summed E-state index contributed by atoms with van der Waals surface area (Å²) in [6.07, 6.45) is 2.99. The number of piperidine rings is 1. The van der Waals surface area contributed by atoms with Gasteiger partial charge in [-0.05, 0) is 31.2 Å². The summed E-state index contributed by atoms with van der Waals surface area (Å²) in [6.45, 7) is 0.638. The molecule has 0 unspecified atom stereocenters. The predicted octanol–water partition coefficient (Wildman–Crippen LogP) is 1.29. The molecule has 23 heavy (non-hydrogen) atoms. The van der Waals surface area contributed by atoms with Crippen LogP contribution in [-0.2, 0) is 14.3 Å². The average molecular weight is 336 g/mol. The minimum absolute atomic E-state index is 0.171. The Balaban J connectivity index is 1.85. The van der Waals surface area contributed by atoms with Crippen LogP contribution in [0.1, 0.15) is 23.2 Å². The number of nitrogens with two attached hydrogens (primary N) is 1. The molecule has 6 nitrogen and oxygen atoms in total. The summed E-state index contributed by atoms with van der Waals surface area (Å²) in [6, 6.07) is 7.11. The first-order chi connectivity index (χ1) is 11.0. The van der Waals surface area contributed by atoms with Gasteiger partial charge >= 0.3 is 5.97 Å². The molecular weight excluding hydrogens is 316 g/mol. The highest BCUT2D eigenvalue weighted by molar-refractivity contribution is 7.98. The van der Waals surface area contributed by atoms with Crippen molar-refractivity contribution in [1.29, 1.82) is 0 Å². The third-order valence-corrected chi connectivity index (χ3v) is 4.70. The van der Waals surface area contributed by atoms with Crippen molar-refractivity contribution >= 4 is 29.5 Å². The van der Waals surface area contributed by atoms with Crippen molar-refractivity contribution in [2.45, 2.75) is 17.7 Å². The number of likely N-dealkylation sites (tertiary alicyclic amines) is 1. The molecule has 0 bridgehead atoms. The zero-order chi connectivity index (χ0) is 16.8. The van der Waals surface area contributed by atoms with Gasteiger partial charge < -0.3 is 15.4 Å². The van der Waals surface area contributed by atoms with E-state index in [4.69, 9.17) is 10.5 Å². The van der Waals surface area contributed by atoms with E-state index in [1.54, 1.807) is 17.0 Å². The second-order valence-electron chi connectivity index (χ2n) is 5.33. The summed E-state index contributed by atoms with van der Waals surface area (Å²) in [7, 11) is 0. The summed E-state index contributed by atoms with van der Waals surface area (Å²) in [5.41, 5.74) is 5.72. The summed E-state index contributed by atoms with van der Waals surface area (Å²) >= 11 is 1.45. The summed E-state index contributed by atoms with van der Waals surface area (Å²) < 4.78 is 5.12. The van der Waals surface area contributed by atoms with Crippen molar-refractivity contribution in [2.24, 2.45) is 11.7 Å². The Bertz CT molecular complexity index is 597. The topological polar surface area (TPSA) is 89.7 Å². The molecule has 2 rings (SSSR count). The molecule has 0 saturated carbocycles. The Morgan fingerprint density at radius 1 is 1.26 bits per heavy atom. The van der Waals surface area contributed by atoms with Crippen molar-refractivity contribution in [3.63, 3.8) is 0 Å². The highest BCUT2D eigenvalue weighted by Crippen LogP contribution is 2.21. The Morgan fingerprint density at radius 2 is 1.91 bits per heavy atom. The number of primary amides is 1. The van der Waals surface area contributed by atoms with E-state index >= 15 is 0 Å². The van der Waals surface area contributed by atoms with Gasteiger partial charge in [0.15, 0.2) is 6.61 Å². The van der Waals surface area contributed by atoms with Crippen LogP contribution in [0.2, 0.25) is 0 Å². The van der Waals surface area contributed by atoms with Crippen LogP contribution in [0.3, 0.4) is 0 Å². The van der Waals surface area contributed by atoms with E-state index in [1.165, 1.54) is 11.8 Å². The number of thioether (sulfide) groups is 1. The molecule has 1 aromatic carbocycles. The number of hydrogen-bond donors (Lipinski definition) is 1. The summed E-state index contributed by atoms with van der Waals surface area (Å²) in [5.74, 6) is -1.24. The minimum atomic E-state index is -0.504. The fourth-order valence-electron chi connectivity index (χ4n) is 2.52. The van der Waals surface area contributed by atoms with E-state index in [2.05, 4.69) is 0 Å². The first-order valence-electron chi connectivity index (χ1n) is 7.40. The summed E-state index contributed by atoms with van der Waals surface area (Å²) in [4.78, 5) is 37.7. The number of carbonyl (C=O) groups excluding carboxylic acids is 3. The number of nitrogens with zero attached hydrogens (tertiary/aromatic N) is 1. The van der Waals surface area contributed by atoms with E-state index in [0.29, 0.717) is 31.5 Å². The molecule has 7 heteroatoms. The second-order valence-corrected chi connectivity index (χ2v) is 6.18. The van der Waals surface area contributed by atoms with Crippen molar-refractivity contribution in [1.82, 2.24) is 4.90 Å². The number of carbonyl (C=O) groups is 3. The maximum Gasteiger partial charge on any atom is 0.339 e. The SMILES string of the molecule is CSc1ccccc1C(=O)OCC(=O)N1CCC(C(N)=O)CC1. The van der Waals surface area contributed by atoms with Gasteiger partial charge in [-0.25, -0.2) is 4.79 Å². The minimum Gasteiger partial charge on any atom is -0.452 e. The van der Waals surface area contributed by atoms with Crippen molar-refractivity contribution in [2.75, 3.05) is 26.0 Å². The smallest absolute Gasteiger partial charge is 0.339 e. The molecule has 1 aliphatic heterocycles. The largest absolute Gasteiger partial charge is 0.452 e. The molecular formula is C16H20N2O4S. The van der Waals surface area contributed by atoms with E-state index in [9.17, 15) is 14.4 Å². The third-order valence-electron chi connectivity index (χ3n) is 3.90. The molecule has 124 valence electrons. The molecule has 1 heterocycles. The molecule has 1 fully saturated rings. The van der Waals surface area contributed by atoms with Crippen LogP contribution >= 0.6 is 11.8 Å². The average Bonchev–Trinajstić information content (AvgIpc) is 2.59. The molecule has 2 N–H and O–H groups in total. The highest BCUT2D eigenvalue weighted by atomic mass is 32.2. The van der Waals surface area contributed by atoms with Gasteiger partial charge in [-0.15, -0.1) is 11.8 Å². The second kappa shape index (κ2) is 8.01. The monoisotopic (exact) mass is 336 g/mol. The zero-order valence-corrected chi connectivity index (χ0v) is 13.8. The van der Waals surface area contributed by atoms with E-state index in [-0.39, 0.29) is 24.3 Å².